The zero-order valence-electron chi connectivity index (χ0n) is 13.9. The summed E-state index contributed by atoms with van der Waals surface area (Å²) in [7, 11) is 0. The first-order valence-corrected chi connectivity index (χ1v) is 8.69. The lowest BCUT2D eigenvalue weighted by atomic mass is 9.95. The van der Waals surface area contributed by atoms with Crippen molar-refractivity contribution in [1.29, 1.82) is 0 Å². The summed E-state index contributed by atoms with van der Waals surface area (Å²) in [4.78, 5) is 32.8. The molecule has 1 aromatic heterocycles. The van der Waals surface area contributed by atoms with Crippen LogP contribution in [0.4, 0.5) is 0 Å². The predicted molar refractivity (Wildman–Crippen MR) is 86.7 cm³/mol. The van der Waals surface area contributed by atoms with Crippen LogP contribution in [0.3, 0.4) is 0 Å². The van der Waals surface area contributed by atoms with E-state index < -0.39 is 0 Å². The Morgan fingerprint density at radius 2 is 1.83 bits per heavy atom. The molecule has 0 N–H and O–H groups in total. The van der Waals surface area contributed by atoms with Gasteiger partial charge in [-0.25, -0.2) is 4.98 Å². The zero-order valence-corrected chi connectivity index (χ0v) is 13.9. The van der Waals surface area contributed by atoms with E-state index in [0.717, 1.165) is 44.6 Å². The summed E-state index contributed by atoms with van der Waals surface area (Å²) in [5.41, 5.74) is 0. The van der Waals surface area contributed by atoms with Gasteiger partial charge in [0.1, 0.15) is 5.82 Å². The average molecular weight is 318 g/mol. The molecule has 0 unspecified atom stereocenters. The molecule has 6 heteroatoms. The number of aromatic nitrogens is 2. The Labute approximate surface area is 137 Å². The Bertz CT molecular complexity index is 555. The van der Waals surface area contributed by atoms with E-state index in [2.05, 4.69) is 4.98 Å². The Morgan fingerprint density at radius 3 is 2.43 bits per heavy atom. The van der Waals surface area contributed by atoms with Crippen molar-refractivity contribution in [3.8, 4) is 0 Å². The van der Waals surface area contributed by atoms with Crippen molar-refractivity contribution in [2.45, 2.75) is 45.6 Å². The van der Waals surface area contributed by atoms with E-state index in [1.165, 1.54) is 0 Å². The smallest absolute Gasteiger partial charge is 0.225 e. The van der Waals surface area contributed by atoms with Gasteiger partial charge in [0.15, 0.2) is 0 Å². The number of amides is 2. The van der Waals surface area contributed by atoms with Crippen LogP contribution in [0.15, 0.2) is 12.4 Å². The van der Waals surface area contributed by atoms with Crippen molar-refractivity contribution in [2.24, 2.45) is 5.92 Å². The summed E-state index contributed by atoms with van der Waals surface area (Å²) >= 11 is 0. The first-order chi connectivity index (χ1) is 11.1. The van der Waals surface area contributed by atoms with Crippen molar-refractivity contribution >= 4 is 11.8 Å². The fraction of sp³-hybridized carbons (Fsp3) is 0.706. The second kappa shape index (κ2) is 7.15. The van der Waals surface area contributed by atoms with Crippen molar-refractivity contribution in [2.75, 3.05) is 26.2 Å². The Kier molecular flexibility index (Phi) is 4.98. The van der Waals surface area contributed by atoms with Gasteiger partial charge in [-0.15, -0.1) is 0 Å². The molecule has 2 aliphatic rings. The van der Waals surface area contributed by atoms with Crippen LogP contribution in [-0.2, 0) is 16.1 Å². The molecule has 0 bridgehead atoms. The summed E-state index contributed by atoms with van der Waals surface area (Å²) < 4.78 is 2.00. The van der Waals surface area contributed by atoms with Crippen LogP contribution in [0, 0.1) is 12.8 Å². The molecule has 2 aliphatic heterocycles. The van der Waals surface area contributed by atoms with Gasteiger partial charge in [-0.3, -0.25) is 9.59 Å². The predicted octanol–water partition coefficient (Wildman–Crippen LogP) is 1.44. The minimum absolute atomic E-state index is 0.119. The van der Waals surface area contributed by atoms with Crippen LogP contribution in [-0.4, -0.2) is 57.3 Å². The summed E-state index contributed by atoms with van der Waals surface area (Å²) in [6.07, 6.45) is 8.06. The fourth-order valence-electron chi connectivity index (χ4n) is 3.59. The third kappa shape index (κ3) is 3.74. The van der Waals surface area contributed by atoms with Gasteiger partial charge in [0.25, 0.3) is 0 Å². The van der Waals surface area contributed by atoms with E-state index in [4.69, 9.17) is 0 Å². The van der Waals surface area contributed by atoms with Crippen LogP contribution in [0.2, 0.25) is 0 Å². The van der Waals surface area contributed by atoms with Gasteiger partial charge in [-0.2, -0.15) is 0 Å². The van der Waals surface area contributed by atoms with Crippen LogP contribution >= 0.6 is 0 Å². The molecule has 0 aromatic carbocycles. The van der Waals surface area contributed by atoms with E-state index in [9.17, 15) is 9.59 Å². The molecule has 0 aliphatic carbocycles. The molecule has 23 heavy (non-hydrogen) atoms. The average Bonchev–Trinajstić information content (AvgIpc) is 3.24. The summed E-state index contributed by atoms with van der Waals surface area (Å²) in [5, 5.41) is 0. The summed E-state index contributed by atoms with van der Waals surface area (Å²) in [5.74, 6) is 1.55. The molecule has 0 spiro atoms. The van der Waals surface area contributed by atoms with E-state index in [-0.39, 0.29) is 11.8 Å². The monoisotopic (exact) mass is 318 g/mol. The van der Waals surface area contributed by atoms with Crippen molar-refractivity contribution in [1.82, 2.24) is 19.4 Å². The molecule has 0 radical (unpaired) electrons. The summed E-state index contributed by atoms with van der Waals surface area (Å²) in [6.45, 7) is 5.89. The number of hydrogen-bond donors (Lipinski definition) is 0. The maximum absolute atomic E-state index is 12.4. The number of piperidine rings is 1. The first kappa shape index (κ1) is 16.0. The molecule has 3 heterocycles. The molecule has 126 valence electrons. The molecule has 2 saturated heterocycles. The Morgan fingerprint density at radius 1 is 1.13 bits per heavy atom. The molecule has 2 amide bonds. The molecule has 3 rings (SSSR count). The highest BCUT2D eigenvalue weighted by atomic mass is 16.2. The number of aryl methyl sites for hydroxylation is 2. The van der Waals surface area contributed by atoms with Crippen LogP contribution in [0.5, 0.6) is 0 Å². The molecule has 0 saturated carbocycles. The Balaban J connectivity index is 1.44. The summed E-state index contributed by atoms with van der Waals surface area (Å²) in [6, 6.07) is 0. The fourth-order valence-corrected chi connectivity index (χ4v) is 3.59. The van der Waals surface area contributed by atoms with E-state index in [1.807, 2.05) is 27.5 Å². The topological polar surface area (TPSA) is 58.4 Å². The van der Waals surface area contributed by atoms with Gasteiger partial charge in [0.2, 0.25) is 11.8 Å². The van der Waals surface area contributed by atoms with E-state index in [0.29, 0.717) is 32.0 Å². The number of carbonyl (C=O) groups excluding carboxylic acids is 2. The van der Waals surface area contributed by atoms with Crippen molar-refractivity contribution in [3.05, 3.63) is 18.2 Å². The van der Waals surface area contributed by atoms with Crippen LogP contribution < -0.4 is 0 Å². The second-order valence-electron chi connectivity index (χ2n) is 6.61. The molecule has 6 nitrogen and oxygen atoms in total. The molecule has 2 fully saturated rings. The number of hydrogen-bond acceptors (Lipinski definition) is 3. The Hall–Kier alpha value is -1.85. The van der Waals surface area contributed by atoms with Crippen molar-refractivity contribution < 1.29 is 9.59 Å². The maximum atomic E-state index is 12.4. The third-order valence-electron chi connectivity index (χ3n) is 5.10. The van der Waals surface area contributed by atoms with E-state index in [1.54, 1.807) is 6.20 Å². The number of carbonyl (C=O) groups is 2. The molecular weight excluding hydrogens is 292 g/mol. The normalized spacial score (nSPS) is 19.3. The number of imidazole rings is 1. The van der Waals surface area contributed by atoms with Crippen LogP contribution in [0.25, 0.3) is 0 Å². The van der Waals surface area contributed by atoms with Gasteiger partial charge in [0.05, 0.1) is 0 Å². The minimum Gasteiger partial charge on any atom is -0.343 e. The lowest BCUT2D eigenvalue weighted by Gasteiger charge is -2.33. The second-order valence-corrected chi connectivity index (χ2v) is 6.61. The van der Waals surface area contributed by atoms with Gasteiger partial charge >= 0.3 is 0 Å². The van der Waals surface area contributed by atoms with Gasteiger partial charge in [0, 0.05) is 57.5 Å². The number of likely N-dealkylation sites (tertiary alicyclic amines) is 2. The third-order valence-corrected chi connectivity index (χ3v) is 5.10. The van der Waals surface area contributed by atoms with Crippen LogP contribution in [0.1, 0.15) is 37.9 Å². The van der Waals surface area contributed by atoms with Gasteiger partial charge < -0.3 is 14.4 Å². The molecular formula is C17H26N4O2. The lowest BCUT2D eigenvalue weighted by Crippen LogP contribution is -2.43. The van der Waals surface area contributed by atoms with Gasteiger partial charge in [-0.1, -0.05) is 0 Å². The lowest BCUT2D eigenvalue weighted by molar-refractivity contribution is -0.140. The maximum Gasteiger partial charge on any atom is 0.225 e. The minimum atomic E-state index is 0.119. The zero-order chi connectivity index (χ0) is 16.2. The number of rotatable bonds is 4. The molecule has 0 atom stereocenters. The highest BCUT2D eigenvalue weighted by molar-refractivity contribution is 5.80. The highest BCUT2D eigenvalue weighted by Crippen LogP contribution is 2.22. The first-order valence-electron chi connectivity index (χ1n) is 8.69. The highest BCUT2D eigenvalue weighted by Gasteiger charge is 2.30. The largest absolute Gasteiger partial charge is 0.343 e. The van der Waals surface area contributed by atoms with E-state index >= 15 is 0 Å². The number of nitrogens with zero attached hydrogens (tertiary/aromatic N) is 4. The molecule has 1 aromatic rings. The SMILES string of the molecule is Cc1nccn1CCC(=O)N1CCC(C(=O)N2CCCC2)CC1. The standard InChI is InChI=1S/C17H26N4O2/c1-14-18-7-13-19(14)12-6-16(22)20-10-4-15(5-11-20)17(23)21-8-2-3-9-21/h7,13,15H,2-6,8-12H2,1H3. The van der Waals surface area contributed by atoms with Crippen molar-refractivity contribution in [3.63, 3.8) is 0 Å². The van der Waals surface area contributed by atoms with Gasteiger partial charge in [-0.05, 0) is 32.6 Å². The quantitative estimate of drug-likeness (QED) is 0.844.